The van der Waals surface area contributed by atoms with Crippen molar-refractivity contribution < 1.29 is 4.39 Å². The number of halogens is 1. The van der Waals surface area contributed by atoms with Crippen molar-refractivity contribution in [2.45, 2.75) is 38.5 Å². The maximum Gasteiger partial charge on any atom is 0.123 e. The largest absolute Gasteiger partial charge is 0.316 e. The summed E-state index contributed by atoms with van der Waals surface area (Å²) >= 11 is 0. The number of hydrogen-bond acceptors (Lipinski definition) is 1. The van der Waals surface area contributed by atoms with Gasteiger partial charge in [-0.3, -0.25) is 0 Å². The zero-order chi connectivity index (χ0) is 12.1. The molecule has 0 heterocycles. The molecule has 1 saturated carbocycles. The van der Waals surface area contributed by atoms with Gasteiger partial charge in [-0.25, -0.2) is 4.39 Å². The van der Waals surface area contributed by atoms with Crippen molar-refractivity contribution in [3.63, 3.8) is 0 Å². The van der Waals surface area contributed by atoms with Crippen LogP contribution in [0.5, 0.6) is 0 Å². The molecule has 0 spiro atoms. The van der Waals surface area contributed by atoms with Crippen molar-refractivity contribution in [1.82, 2.24) is 5.32 Å². The summed E-state index contributed by atoms with van der Waals surface area (Å²) in [4.78, 5) is 0. The Hall–Kier alpha value is -0.890. The first-order valence-electron chi connectivity index (χ1n) is 6.77. The minimum Gasteiger partial charge on any atom is -0.316 e. The van der Waals surface area contributed by atoms with Crippen molar-refractivity contribution in [3.8, 4) is 0 Å². The van der Waals surface area contributed by atoms with Gasteiger partial charge in [-0.15, -0.1) is 0 Å². The molecular weight excluding hydrogens is 213 g/mol. The van der Waals surface area contributed by atoms with E-state index < -0.39 is 0 Å². The molecule has 1 aromatic carbocycles. The summed E-state index contributed by atoms with van der Waals surface area (Å²) in [7, 11) is 0. The lowest BCUT2D eigenvalue weighted by Gasteiger charge is -2.24. The maximum atomic E-state index is 13.0. The van der Waals surface area contributed by atoms with Crippen LogP contribution in [0.15, 0.2) is 24.3 Å². The quantitative estimate of drug-likeness (QED) is 0.820. The second-order valence-corrected chi connectivity index (χ2v) is 5.01. The van der Waals surface area contributed by atoms with Gasteiger partial charge in [0.05, 0.1) is 0 Å². The SMILES string of the molecule is CCNCC(c1ccc(F)cc1)C1CCCC1. The summed E-state index contributed by atoms with van der Waals surface area (Å²) in [5.74, 6) is 1.19. The molecule has 1 N–H and O–H groups in total. The van der Waals surface area contributed by atoms with Gasteiger partial charge in [0.25, 0.3) is 0 Å². The number of likely N-dealkylation sites (N-methyl/N-ethyl adjacent to an activating group) is 1. The Morgan fingerprint density at radius 2 is 1.88 bits per heavy atom. The molecule has 1 aliphatic rings. The van der Waals surface area contributed by atoms with E-state index in [0.717, 1.165) is 19.0 Å². The molecule has 94 valence electrons. The zero-order valence-corrected chi connectivity index (χ0v) is 10.6. The average molecular weight is 235 g/mol. The fourth-order valence-corrected chi connectivity index (χ4v) is 2.93. The Bertz CT molecular complexity index is 327. The van der Waals surface area contributed by atoms with E-state index in [0.29, 0.717) is 5.92 Å². The Morgan fingerprint density at radius 3 is 2.47 bits per heavy atom. The zero-order valence-electron chi connectivity index (χ0n) is 10.6. The highest BCUT2D eigenvalue weighted by atomic mass is 19.1. The van der Waals surface area contributed by atoms with E-state index in [-0.39, 0.29) is 5.82 Å². The molecule has 1 aliphatic carbocycles. The Labute approximate surface area is 103 Å². The maximum absolute atomic E-state index is 13.0. The molecule has 1 nitrogen and oxygen atoms in total. The van der Waals surface area contributed by atoms with Gasteiger partial charge in [0.15, 0.2) is 0 Å². The predicted octanol–water partition coefficient (Wildman–Crippen LogP) is 3.71. The van der Waals surface area contributed by atoms with Crippen LogP contribution in [-0.4, -0.2) is 13.1 Å². The van der Waals surface area contributed by atoms with Gasteiger partial charge in [0.1, 0.15) is 5.82 Å². The van der Waals surface area contributed by atoms with E-state index in [4.69, 9.17) is 0 Å². The molecule has 1 atom stereocenters. The molecule has 0 saturated heterocycles. The summed E-state index contributed by atoms with van der Waals surface area (Å²) in [5, 5.41) is 3.44. The van der Waals surface area contributed by atoms with Crippen LogP contribution in [0.25, 0.3) is 0 Å². The lowest BCUT2D eigenvalue weighted by molar-refractivity contribution is 0.414. The summed E-state index contributed by atoms with van der Waals surface area (Å²) in [5.41, 5.74) is 1.29. The van der Waals surface area contributed by atoms with Crippen LogP contribution < -0.4 is 5.32 Å². The van der Waals surface area contributed by atoms with Crippen LogP contribution >= 0.6 is 0 Å². The Kier molecular flexibility index (Phi) is 4.55. The van der Waals surface area contributed by atoms with E-state index in [9.17, 15) is 4.39 Å². The third-order valence-corrected chi connectivity index (χ3v) is 3.88. The van der Waals surface area contributed by atoms with Gasteiger partial charge in [-0.05, 0) is 48.9 Å². The standard InChI is InChI=1S/C15H22FN/c1-2-17-11-15(12-5-3-4-6-12)13-7-9-14(16)10-8-13/h7-10,12,15,17H,2-6,11H2,1H3. The second kappa shape index (κ2) is 6.15. The molecule has 0 radical (unpaired) electrons. The van der Waals surface area contributed by atoms with E-state index in [1.165, 1.54) is 31.2 Å². The molecule has 1 aromatic rings. The predicted molar refractivity (Wildman–Crippen MR) is 69.6 cm³/mol. The summed E-state index contributed by atoms with van der Waals surface area (Å²) in [6.45, 7) is 4.16. The van der Waals surface area contributed by atoms with E-state index in [1.54, 1.807) is 12.1 Å². The van der Waals surface area contributed by atoms with E-state index >= 15 is 0 Å². The number of rotatable bonds is 5. The van der Waals surface area contributed by atoms with Crippen LogP contribution in [0.3, 0.4) is 0 Å². The second-order valence-electron chi connectivity index (χ2n) is 5.01. The van der Waals surface area contributed by atoms with Gasteiger partial charge in [-0.1, -0.05) is 31.9 Å². The van der Waals surface area contributed by atoms with Crippen LogP contribution in [0, 0.1) is 11.7 Å². The van der Waals surface area contributed by atoms with Crippen molar-refractivity contribution in [3.05, 3.63) is 35.6 Å². The van der Waals surface area contributed by atoms with Crippen LogP contribution in [0.1, 0.15) is 44.1 Å². The van der Waals surface area contributed by atoms with Crippen molar-refractivity contribution in [2.75, 3.05) is 13.1 Å². The number of hydrogen-bond donors (Lipinski definition) is 1. The molecule has 0 amide bonds. The number of nitrogens with one attached hydrogen (secondary N) is 1. The Balaban J connectivity index is 2.10. The average Bonchev–Trinajstić information content (AvgIpc) is 2.85. The Morgan fingerprint density at radius 1 is 1.24 bits per heavy atom. The lowest BCUT2D eigenvalue weighted by Crippen LogP contribution is -2.25. The first kappa shape index (κ1) is 12.6. The van der Waals surface area contributed by atoms with Crippen molar-refractivity contribution >= 4 is 0 Å². The van der Waals surface area contributed by atoms with Crippen molar-refractivity contribution in [1.29, 1.82) is 0 Å². The van der Waals surface area contributed by atoms with E-state index in [2.05, 4.69) is 12.2 Å². The van der Waals surface area contributed by atoms with Crippen molar-refractivity contribution in [2.24, 2.45) is 5.92 Å². The van der Waals surface area contributed by atoms with E-state index in [1.807, 2.05) is 12.1 Å². The topological polar surface area (TPSA) is 12.0 Å². The molecule has 17 heavy (non-hydrogen) atoms. The molecule has 1 fully saturated rings. The molecule has 0 aliphatic heterocycles. The highest BCUT2D eigenvalue weighted by molar-refractivity contribution is 5.22. The van der Waals surface area contributed by atoms with Gasteiger partial charge in [0.2, 0.25) is 0 Å². The summed E-state index contributed by atoms with van der Waals surface area (Å²) < 4.78 is 13.0. The summed E-state index contributed by atoms with van der Waals surface area (Å²) in [6, 6.07) is 7.08. The number of benzene rings is 1. The normalized spacial score (nSPS) is 18.5. The molecule has 2 rings (SSSR count). The van der Waals surface area contributed by atoms with Gasteiger partial charge >= 0.3 is 0 Å². The lowest BCUT2D eigenvalue weighted by atomic mass is 9.85. The fourth-order valence-electron chi connectivity index (χ4n) is 2.93. The highest BCUT2D eigenvalue weighted by Crippen LogP contribution is 2.36. The van der Waals surface area contributed by atoms with Crippen LogP contribution in [0.2, 0.25) is 0 Å². The van der Waals surface area contributed by atoms with Gasteiger partial charge in [0, 0.05) is 6.54 Å². The first-order valence-corrected chi connectivity index (χ1v) is 6.77. The third kappa shape index (κ3) is 3.29. The molecule has 0 bridgehead atoms. The minimum atomic E-state index is -0.137. The van der Waals surface area contributed by atoms with Crippen LogP contribution in [-0.2, 0) is 0 Å². The fraction of sp³-hybridized carbons (Fsp3) is 0.600. The summed E-state index contributed by atoms with van der Waals surface area (Å²) in [6.07, 6.45) is 5.36. The smallest absolute Gasteiger partial charge is 0.123 e. The van der Waals surface area contributed by atoms with Gasteiger partial charge in [-0.2, -0.15) is 0 Å². The third-order valence-electron chi connectivity index (χ3n) is 3.88. The monoisotopic (exact) mass is 235 g/mol. The molecular formula is C15H22FN. The molecule has 0 aromatic heterocycles. The first-order chi connectivity index (χ1) is 8.31. The minimum absolute atomic E-state index is 0.137. The molecule has 2 heteroatoms. The highest BCUT2D eigenvalue weighted by Gasteiger charge is 2.25. The van der Waals surface area contributed by atoms with Gasteiger partial charge < -0.3 is 5.32 Å². The van der Waals surface area contributed by atoms with Crippen LogP contribution in [0.4, 0.5) is 4.39 Å². The molecule has 1 unspecified atom stereocenters.